The second-order valence-corrected chi connectivity index (χ2v) is 4.21. The van der Waals surface area contributed by atoms with E-state index in [-0.39, 0.29) is 0 Å². The molecular formula is C9H13FN4O2S. The molecule has 0 aliphatic carbocycles. The maximum absolute atomic E-state index is 12.7. The molecule has 0 radical (unpaired) electrons. The summed E-state index contributed by atoms with van der Waals surface area (Å²) in [5.74, 6) is 0.381. The van der Waals surface area contributed by atoms with E-state index < -0.39 is 10.2 Å². The van der Waals surface area contributed by atoms with Crippen LogP contribution in [0.5, 0.6) is 0 Å². The second kappa shape index (κ2) is 6.14. The smallest absolute Gasteiger partial charge is 0.274 e. The van der Waals surface area contributed by atoms with Crippen LogP contribution in [-0.2, 0) is 6.54 Å². The van der Waals surface area contributed by atoms with Crippen molar-refractivity contribution >= 4 is 11.3 Å². The third kappa shape index (κ3) is 3.99. The standard InChI is InChI=1S/C9H13FN4O2S/c1-3-13(8(11-2)6-14(15)16)5-7-4-12-9(10)17-7/h4,6,11H,3,5H2,1-2H3/b8-6-. The van der Waals surface area contributed by atoms with Gasteiger partial charge in [-0.25, -0.2) is 4.98 Å². The highest BCUT2D eigenvalue weighted by Gasteiger charge is 2.12. The lowest BCUT2D eigenvalue weighted by atomic mass is 10.4. The first kappa shape index (κ1) is 13.4. The Morgan fingerprint density at radius 3 is 2.94 bits per heavy atom. The van der Waals surface area contributed by atoms with Gasteiger partial charge < -0.3 is 10.2 Å². The van der Waals surface area contributed by atoms with E-state index in [1.807, 2.05) is 6.92 Å². The van der Waals surface area contributed by atoms with E-state index in [0.29, 0.717) is 23.8 Å². The summed E-state index contributed by atoms with van der Waals surface area (Å²) in [5.41, 5.74) is 0. The van der Waals surface area contributed by atoms with E-state index >= 15 is 0 Å². The van der Waals surface area contributed by atoms with Crippen molar-refractivity contribution in [3.05, 3.63) is 38.5 Å². The normalized spacial score (nSPS) is 11.4. The van der Waals surface area contributed by atoms with Gasteiger partial charge in [0.2, 0.25) is 0 Å². The number of aromatic nitrogens is 1. The van der Waals surface area contributed by atoms with Gasteiger partial charge in [0.25, 0.3) is 11.5 Å². The van der Waals surface area contributed by atoms with Gasteiger partial charge in [0.1, 0.15) is 0 Å². The zero-order valence-electron chi connectivity index (χ0n) is 9.51. The summed E-state index contributed by atoms with van der Waals surface area (Å²) in [6, 6.07) is 0. The zero-order valence-corrected chi connectivity index (χ0v) is 10.3. The molecule has 0 saturated heterocycles. The molecule has 0 aliphatic heterocycles. The first-order valence-corrected chi connectivity index (χ1v) is 5.76. The minimum Gasteiger partial charge on any atom is -0.370 e. The number of nitrogens with zero attached hydrogens (tertiary/aromatic N) is 3. The van der Waals surface area contributed by atoms with Crippen LogP contribution in [0.4, 0.5) is 4.39 Å². The first-order valence-electron chi connectivity index (χ1n) is 4.95. The van der Waals surface area contributed by atoms with Crippen LogP contribution in [0.15, 0.2) is 18.2 Å². The first-order chi connectivity index (χ1) is 8.06. The van der Waals surface area contributed by atoms with E-state index in [0.717, 1.165) is 17.5 Å². The molecule has 0 unspecified atom stereocenters. The lowest BCUT2D eigenvalue weighted by Crippen LogP contribution is -2.29. The highest BCUT2D eigenvalue weighted by Crippen LogP contribution is 2.15. The van der Waals surface area contributed by atoms with Crippen LogP contribution in [0.25, 0.3) is 0 Å². The monoisotopic (exact) mass is 260 g/mol. The summed E-state index contributed by atoms with van der Waals surface area (Å²) in [5, 5.41) is 12.7. The fraction of sp³-hybridized carbons (Fsp3) is 0.444. The Bertz CT molecular complexity index is 421. The quantitative estimate of drug-likeness (QED) is 0.618. The Morgan fingerprint density at radius 1 is 1.82 bits per heavy atom. The molecule has 0 aliphatic rings. The van der Waals surface area contributed by atoms with Crippen LogP contribution in [0.2, 0.25) is 0 Å². The van der Waals surface area contributed by atoms with E-state index in [1.165, 1.54) is 6.20 Å². The average Bonchev–Trinajstić information content (AvgIpc) is 2.68. The van der Waals surface area contributed by atoms with Gasteiger partial charge in [0, 0.05) is 24.7 Å². The lowest BCUT2D eigenvalue weighted by molar-refractivity contribution is -0.404. The molecule has 0 fully saturated rings. The molecule has 0 amide bonds. The predicted octanol–water partition coefficient (Wildman–Crippen LogP) is 1.40. The summed E-state index contributed by atoms with van der Waals surface area (Å²) in [4.78, 5) is 15.9. The molecule has 1 aromatic heterocycles. The van der Waals surface area contributed by atoms with Gasteiger partial charge in [0.15, 0.2) is 5.82 Å². The molecule has 1 heterocycles. The largest absolute Gasteiger partial charge is 0.370 e. The fourth-order valence-corrected chi connectivity index (χ4v) is 1.96. The Morgan fingerprint density at radius 2 is 2.53 bits per heavy atom. The molecule has 6 nitrogen and oxygen atoms in total. The molecule has 1 N–H and O–H groups in total. The predicted molar refractivity (Wildman–Crippen MR) is 62.3 cm³/mol. The summed E-state index contributed by atoms with van der Waals surface area (Å²) in [6.45, 7) is 2.82. The van der Waals surface area contributed by atoms with Gasteiger partial charge in [-0.3, -0.25) is 10.1 Å². The van der Waals surface area contributed by atoms with Crippen LogP contribution >= 0.6 is 11.3 Å². The van der Waals surface area contributed by atoms with Gasteiger partial charge in [-0.05, 0) is 6.92 Å². The number of nitrogens with one attached hydrogen (secondary N) is 1. The van der Waals surface area contributed by atoms with Crippen molar-refractivity contribution in [1.29, 1.82) is 0 Å². The van der Waals surface area contributed by atoms with Crippen molar-refractivity contribution in [2.75, 3.05) is 13.6 Å². The number of nitro groups is 1. The summed E-state index contributed by atoms with van der Waals surface area (Å²) < 4.78 is 12.7. The van der Waals surface area contributed by atoms with Crippen molar-refractivity contribution in [2.24, 2.45) is 0 Å². The molecule has 1 aromatic rings. The molecule has 94 valence electrons. The van der Waals surface area contributed by atoms with Gasteiger partial charge in [0.05, 0.1) is 11.5 Å². The average molecular weight is 260 g/mol. The number of hydrogen-bond acceptors (Lipinski definition) is 6. The molecule has 0 saturated carbocycles. The minimum atomic E-state index is -0.526. The van der Waals surface area contributed by atoms with Crippen LogP contribution in [0, 0.1) is 15.4 Å². The van der Waals surface area contributed by atoms with Crippen molar-refractivity contribution in [2.45, 2.75) is 13.5 Å². The lowest BCUT2D eigenvalue weighted by Gasteiger charge is -2.22. The molecule has 8 heteroatoms. The summed E-state index contributed by atoms with van der Waals surface area (Å²) >= 11 is 0.934. The maximum atomic E-state index is 12.7. The number of thiazole rings is 1. The molecule has 0 aromatic carbocycles. The number of halogens is 1. The Labute approximate surface area is 102 Å². The Kier molecular flexibility index (Phi) is 4.83. The van der Waals surface area contributed by atoms with Gasteiger partial charge in [-0.1, -0.05) is 11.3 Å². The van der Waals surface area contributed by atoms with Crippen LogP contribution < -0.4 is 5.32 Å². The van der Waals surface area contributed by atoms with E-state index in [4.69, 9.17) is 0 Å². The number of rotatable bonds is 6. The van der Waals surface area contributed by atoms with Crippen molar-refractivity contribution in [1.82, 2.24) is 15.2 Å². The SMILES string of the molecule is CCN(Cc1cnc(F)s1)/C(=C\[N+](=O)[O-])NC. The maximum Gasteiger partial charge on any atom is 0.274 e. The Balaban J connectivity index is 2.80. The van der Waals surface area contributed by atoms with E-state index in [9.17, 15) is 14.5 Å². The molecule has 1 rings (SSSR count). The third-order valence-electron chi connectivity index (χ3n) is 2.08. The highest BCUT2D eigenvalue weighted by molar-refractivity contribution is 7.09. The third-order valence-corrected chi connectivity index (χ3v) is 2.85. The summed E-state index contributed by atoms with van der Waals surface area (Å²) in [7, 11) is 1.60. The molecule has 0 bridgehead atoms. The molecule has 0 atom stereocenters. The second-order valence-electron chi connectivity index (χ2n) is 3.14. The highest BCUT2D eigenvalue weighted by atomic mass is 32.1. The van der Waals surface area contributed by atoms with Crippen molar-refractivity contribution in [3.8, 4) is 0 Å². The van der Waals surface area contributed by atoms with Crippen LogP contribution in [0.1, 0.15) is 11.8 Å². The van der Waals surface area contributed by atoms with E-state index in [1.54, 1.807) is 11.9 Å². The fourth-order valence-electron chi connectivity index (χ4n) is 1.32. The van der Waals surface area contributed by atoms with E-state index in [2.05, 4.69) is 10.3 Å². The van der Waals surface area contributed by atoms with Crippen LogP contribution in [0.3, 0.4) is 0 Å². The molecule has 0 spiro atoms. The molecular weight excluding hydrogens is 247 g/mol. The van der Waals surface area contributed by atoms with Crippen molar-refractivity contribution < 1.29 is 9.31 Å². The Hall–Kier alpha value is -1.70. The van der Waals surface area contributed by atoms with Gasteiger partial charge >= 0.3 is 0 Å². The number of hydrogen-bond donors (Lipinski definition) is 1. The molecule has 17 heavy (non-hydrogen) atoms. The topological polar surface area (TPSA) is 71.3 Å². The minimum absolute atomic E-state index is 0.381. The zero-order chi connectivity index (χ0) is 12.8. The van der Waals surface area contributed by atoms with Gasteiger partial charge in [-0.15, -0.1) is 0 Å². The van der Waals surface area contributed by atoms with Gasteiger partial charge in [-0.2, -0.15) is 4.39 Å². The summed E-state index contributed by atoms with van der Waals surface area (Å²) in [6.07, 6.45) is 2.32. The van der Waals surface area contributed by atoms with Crippen LogP contribution in [-0.4, -0.2) is 28.4 Å². The van der Waals surface area contributed by atoms with Crippen molar-refractivity contribution in [3.63, 3.8) is 0 Å².